The van der Waals surface area contributed by atoms with Crippen LogP contribution in [0, 0.1) is 12.7 Å². The zero-order chi connectivity index (χ0) is 20.6. The highest BCUT2D eigenvalue weighted by Crippen LogP contribution is 2.27. The summed E-state index contributed by atoms with van der Waals surface area (Å²) >= 11 is 1.24. The fourth-order valence-electron chi connectivity index (χ4n) is 2.46. The van der Waals surface area contributed by atoms with E-state index in [0.29, 0.717) is 52.6 Å². The highest BCUT2D eigenvalue weighted by Gasteiger charge is 2.18. The number of esters is 1. The Morgan fingerprint density at radius 1 is 1.21 bits per heavy atom. The molecule has 29 heavy (non-hydrogen) atoms. The van der Waals surface area contributed by atoms with Gasteiger partial charge >= 0.3 is 5.97 Å². The van der Waals surface area contributed by atoms with E-state index in [1.54, 1.807) is 38.4 Å². The van der Waals surface area contributed by atoms with Gasteiger partial charge in [-0.25, -0.2) is 19.2 Å². The molecule has 0 bridgehead atoms. The van der Waals surface area contributed by atoms with E-state index < -0.39 is 0 Å². The second-order valence-electron chi connectivity index (χ2n) is 6.03. The van der Waals surface area contributed by atoms with E-state index in [4.69, 9.17) is 9.47 Å². The average Bonchev–Trinajstić information content (AvgIpc) is 3.11. The van der Waals surface area contributed by atoms with Crippen LogP contribution >= 0.6 is 11.3 Å². The van der Waals surface area contributed by atoms with Crippen LogP contribution in [-0.4, -0.2) is 40.7 Å². The normalized spacial score (nSPS) is 10.6. The molecule has 3 rings (SSSR count). The lowest BCUT2D eigenvalue weighted by atomic mass is 10.3. The Bertz CT molecular complexity index is 963. The van der Waals surface area contributed by atoms with Gasteiger partial charge < -0.3 is 14.8 Å². The van der Waals surface area contributed by atoms with E-state index in [-0.39, 0.29) is 11.8 Å². The molecule has 1 aromatic carbocycles. The number of ether oxygens (including phenoxy) is 2. The van der Waals surface area contributed by atoms with Gasteiger partial charge in [0.05, 0.1) is 31.3 Å². The Labute approximate surface area is 172 Å². The summed E-state index contributed by atoms with van der Waals surface area (Å²) in [5, 5.41) is 3.80. The third kappa shape index (κ3) is 5.71. The fraction of sp³-hybridized carbons (Fsp3) is 0.300. The molecule has 2 aromatic heterocycles. The molecule has 152 valence electrons. The van der Waals surface area contributed by atoms with Crippen LogP contribution in [0.5, 0.6) is 5.75 Å². The number of hydrogen-bond acceptors (Lipinski definition) is 8. The molecule has 0 radical (unpaired) electrons. The van der Waals surface area contributed by atoms with Crippen LogP contribution in [0.4, 0.5) is 10.2 Å². The van der Waals surface area contributed by atoms with E-state index in [2.05, 4.69) is 20.3 Å². The van der Waals surface area contributed by atoms with Gasteiger partial charge in [0, 0.05) is 6.54 Å². The molecule has 0 aliphatic carbocycles. The molecule has 0 unspecified atom stereocenters. The lowest BCUT2D eigenvalue weighted by molar-refractivity contribution is 0.0531. The molecule has 0 aliphatic heterocycles. The van der Waals surface area contributed by atoms with Gasteiger partial charge in [0.25, 0.3) is 0 Å². The minimum Gasteiger partial charge on any atom is -0.494 e. The van der Waals surface area contributed by atoms with Gasteiger partial charge in [-0.3, -0.25) is 4.98 Å². The summed E-state index contributed by atoms with van der Waals surface area (Å²) in [6.07, 6.45) is 3.96. The second-order valence-corrected chi connectivity index (χ2v) is 7.03. The molecule has 1 N–H and O–H groups in total. The number of carbonyl (C=O) groups is 1. The van der Waals surface area contributed by atoms with Crippen molar-refractivity contribution < 1.29 is 18.7 Å². The van der Waals surface area contributed by atoms with Crippen molar-refractivity contribution in [1.82, 2.24) is 15.0 Å². The van der Waals surface area contributed by atoms with Crippen molar-refractivity contribution in [3.05, 3.63) is 53.0 Å². The summed E-state index contributed by atoms with van der Waals surface area (Å²) in [4.78, 5) is 25.6. The Balaban J connectivity index is 1.54. The smallest absolute Gasteiger partial charge is 0.350 e. The summed E-state index contributed by atoms with van der Waals surface area (Å²) in [5.41, 5.74) is 1.20. The van der Waals surface area contributed by atoms with E-state index in [9.17, 15) is 9.18 Å². The highest BCUT2D eigenvalue weighted by molar-refractivity contribution is 7.17. The number of aromatic nitrogens is 3. The minimum absolute atomic E-state index is 0.290. The largest absolute Gasteiger partial charge is 0.494 e. The molecule has 0 saturated heterocycles. The van der Waals surface area contributed by atoms with Crippen LogP contribution in [0.3, 0.4) is 0 Å². The molecule has 7 nitrogen and oxygen atoms in total. The molecule has 0 atom stereocenters. The SMILES string of the molecule is CCOC(=O)c1sc(-c2cncc(NCCCOc3ccc(F)cc3)n2)nc1C. The first-order chi connectivity index (χ1) is 14.1. The van der Waals surface area contributed by atoms with Gasteiger partial charge in [-0.05, 0) is 44.5 Å². The van der Waals surface area contributed by atoms with Gasteiger partial charge in [-0.1, -0.05) is 0 Å². The van der Waals surface area contributed by atoms with E-state index in [0.717, 1.165) is 6.42 Å². The number of hydrogen-bond donors (Lipinski definition) is 1. The van der Waals surface area contributed by atoms with Crippen LogP contribution in [0.2, 0.25) is 0 Å². The molecule has 0 amide bonds. The molecule has 0 fully saturated rings. The number of rotatable bonds is 9. The molecule has 3 aromatic rings. The maximum absolute atomic E-state index is 12.9. The van der Waals surface area contributed by atoms with Crippen molar-refractivity contribution >= 4 is 23.1 Å². The van der Waals surface area contributed by atoms with Crippen molar-refractivity contribution in [3.63, 3.8) is 0 Å². The van der Waals surface area contributed by atoms with Gasteiger partial charge in [0.2, 0.25) is 0 Å². The Morgan fingerprint density at radius 2 is 2.00 bits per heavy atom. The summed E-state index contributed by atoms with van der Waals surface area (Å²) in [5.74, 6) is 0.568. The fourth-order valence-corrected chi connectivity index (χ4v) is 3.37. The first kappa shape index (κ1) is 20.7. The number of benzene rings is 1. The Kier molecular flexibility index (Phi) is 7.07. The van der Waals surface area contributed by atoms with Crippen LogP contribution in [0.1, 0.15) is 28.7 Å². The maximum atomic E-state index is 12.9. The first-order valence-corrected chi connectivity index (χ1v) is 9.97. The second kappa shape index (κ2) is 9.92. The van der Waals surface area contributed by atoms with Crippen molar-refractivity contribution in [1.29, 1.82) is 0 Å². The number of nitrogens with zero attached hydrogens (tertiary/aromatic N) is 3. The van der Waals surface area contributed by atoms with E-state index >= 15 is 0 Å². The molecular formula is C20H21FN4O3S. The zero-order valence-electron chi connectivity index (χ0n) is 16.1. The van der Waals surface area contributed by atoms with Crippen LogP contribution in [0.25, 0.3) is 10.7 Å². The van der Waals surface area contributed by atoms with E-state index in [1.807, 2.05) is 0 Å². The third-order valence-corrected chi connectivity index (χ3v) is 4.98. The molecule has 0 saturated carbocycles. The molecule has 9 heteroatoms. The predicted molar refractivity (Wildman–Crippen MR) is 109 cm³/mol. The predicted octanol–water partition coefficient (Wildman–Crippen LogP) is 4.11. The number of carbonyl (C=O) groups excluding carboxylic acids is 1. The van der Waals surface area contributed by atoms with Gasteiger partial charge in [-0.2, -0.15) is 0 Å². The van der Waals surface area contributed by atoms with E-state index in [1.165, 1.54) is 23.5 Å². The first-order valence-electron chi connectivity index (χ1n) is 9.16. The van der Waals surface area contributed by atoms with Gasteiger partial charge in [0.15, 0.2) is 0 Å². The number of thiazole rings is 1. The molecule has 2 heterocycles. The lowest BCUT2D eigenvalue weighted by Crippen LogP contribution is -2.08. The Hall–Kier alpha value is -3.07. The topological polar surface area (TPSA) is 86.2 Å². The summed E-state index contributed by atoms with van der Waals surface area (Å²) in [6.45, 7) is 4.96. The number of aryl methyl sites for hydroxylation is 1. The molecule has 0 aliphatic rings. The van der Waals surface area contributed by atoms with Crippen LogP contribution in [-0.2, 0) is 4.74 Å². The van der Waals surface area contributed by atoms with Crippen LogP contribution < -0.4 is 10.1 Å². The minimum atomic E-state index is -0.378. The zero-order valence-corrected chi connectivity index (χ0v) is 17.0. The average molecular weight is 416 g/mol. The summed E-state index contributed by atoms with van der Waals surface area (Å²) in [7, 11) is 0. The number of nitrogens with one attached hydrogen (secondary N) is 1. The number of halogens is 1. The summed E-state index contributed by atoms with van der Waals surface area (Å²) < 4.78 is 23.5. The lowest BCUT2D eigenvalue weighted by Gasteiger charge is -2.08. The Morgan fingerprint density at radius 3 is 2.76 bits per heavy atom. The van der Waals surface area contributed by atoms with Crippen molar-refractivity contribution in [3.8, 4) is 16.5 Å². The van der Waals surface area contributed by atoms with Crippen molar-refractivity contribution in [2.24, 2.45) is 0 Å². The summed E-state index contributed by atoms with van der Waals surface area (Å²) in [6, 6.07) is 5.92. The highest BCUT2D eigenvalue weighted by atomic mass is 32.1. The quantitative estimate of drug-likeness (QED) is 0.415. The maximum Gasteiger partial charge on any atom is 0.350 e. The van der Waals surface area contributed by atoms with Crippen molar-refractivity contribution in [2.45, 2.75) is 20.3 Å². The number of anilines is 1. The van der Waals surface area contributed by atoms with Gasteiger partial charge in [0.1, 0.15) is 33.0 Å². The van der Waals surface area contributed by atoms with Crippen molar-refractivity contribution in [2.75, 3.05) is 25.1 Å². The molecular weight excluding hydrogens is 395 g/mol. The molecule has 0 spiro atoms. The van der Waals surface area contributed by atoms with Crippen LogP contribution in [0.15, 0.2) is 36.7 Å². The third-order valence-electron chi connectivity index (χ3n) is 3.82. The standard InChI is InChI=1S/C20H21FN4O3S/c1-3-27-20(26)18-13(2)24-19(29-18)16-11-22-12-17(25-16)23-9-4-10-28-15-7-5-14(21)6-8-15/h5-8,11-12H,3-4,9-10H2,1-2H3,(H,23,25). The monoisotopic (exact) mass is 416 g/mol. The van der Waals surface area contributed by atoms with Gasteiger partial charge in [-0.15, -0.1) is 11.3 Å².